The van der Waals surface area contributed by atoms with E-state index >= 15 is 0 Å². The van der Waals surface area contributed by atoms with E-state index in [1.165, 1.54) is 0 Å². The van der Waals surface area contributed by atoms with Crippen LogP contribution < -0.4 is 34.9 Å². The van der Waals surface area contributed by atoms with Gasteiger partial charge in [-0.3, -0.25) is 4.57 Å². The Morgan fingerprint density at radius 3 is 1.70 bits per heavy atom. The second-order valence-electron chi connectivity index (χ2n) is 8.92. The Morgan fingerprint density at radius 2 is 1.32 bits per heavy atom. The molecule has 37 heavy (non-hydrogen) atoms. The molecule has 0 fully saturated rings. The Bertz CT molecular complexity index is 1150. The van der Waals surface area contributed by atoms with Crippen LogP contribution >= 0.6 is 15.4 Å². The van der Waals surface area contributed by atoms with Crippen LogP contribution in [0, 0.1) is 0 Å². The van der Waals surface area contributed by atoms with E-state index in [1.807, 2.05) is 81.0 Å². The minimum Gasteiger partial charge on any atom is -0.497 e. The molecule has 3 rings (SSSR count). The molecular weight excluding hydrogens is 508 g/mol. The lowest BCUT2D eigenvalue weighted by atomic mass is 10.1. The van der Waals surface area contributed by atoms with Crippen LogP contribution in [0.15, 0.2) is 59.2 Å². The summed E-state index contributed by atoms with van der Waals surface area (Å²) in [6.45, 7) is 0. The van der Waals surface area contributed by atoms with Crippen molar-refractivity contribution in [1.29, 1.82) is 0 Å². The van der Waals surface area contributed by atoms with Gasteiger partial charge in [-0.1, -0.05) is 12.2 Å². The van der Waals surface area contributed by atoms with E-state index in [4.69, 9.17) is 18.9 Å². The van der Waals surface area contributed by atoms with E-state index in [9.17, 15) is 4.57 Å². The van der Waals surface area contributed by atoms with Crippen LogP contribution in [0.2, 0.25) is 0 Å². The van der Waals surface area contributed by atoms with Gasteiger partial charge in [0.05, 0.1) is 28.4 Å². The average molecular weight is 548 g/mol. The van der Waals surface area contributed by atoms with Gasteiger partial charge >= 0.3 is 0 Å². The summed E-state index contributed by atoms with van der Waals surface area (Å²) in [7, 11) is 11.6. The first-order chi connectivity index (χ1) is 17.7. The van der Waals surface area contributed by atoms with Gasteiger partial charge in [0, 0.05) is 34.1 Å². The standard InChI is InChI=1S/C27H39N3O5P2/c1-28-19-10-15-27(37(31,29(2)3)30(4)5)26(16-19)36(24-13-11-20(32-6)17-22(24)34-8)25-14-12-21(33-7)18-23(25)35-9/h11-19,28H,10H2,1-9H3. The Balaban J connectivity index is 2.40. The largest absolute Gasteiger partial charge is 0.497 e. The lowest BCUT2D eigenvalue weighted by Crippen LogP contribution is -2.30. The molecule has 2 aromatic rings. The summed E-state index contributed by atoms with van der Waals surface area (Å²) < 4.78 is 41.1. The number of nitrogens with one attached hydrogen (secondary N) is 1. The Morgan fingerprint density at radius 1 is 0.838 bits per heavy atom. The van der Waals surface area contributed by atoms with E-state index in [2.05, 4.69) is 17.5 Å². The maximum atomic E-state index is 14.7. The third-order valence-electron chi connectivity index (χ3n) is 6.45. The molecule has 0 spiro atoms. The third kappa shape index (κ3) is 5.74. The van der Waals surface area contributed by atoms with Gasteiger partial charge in [-0.05, 0) is 79.2 Å². The number of likely N-dealkylation sites (N-methyl/N-ethyl adjacent to an activating group) is 1. The van der Waals surface area contributed by atoms with Crippen molar-refractivity contribution in [2.24, 2.45) is 0 Å². The van der Waals surface area contributed by atoms with Crippen molar-refractivity contribution in [1.82, 2.24) is 14.7 Å². The Kier molecular flexibility index (Phi) is 9.85. The van der Waals surface area contributed by atoms with E-state index in [0.29, 0.717) is 23.0 Å². The van der Waals surface area contributed by atoms with Crippen LogP contribution in [-0.4, -0.2) is 79.1 Å². The van der Waals surface area contributed by atoms with Crippen LogP contribution in [0.3, 0.4) is 0 Å². The number of rotatable bonds is 11. The first kappa shape index (κ1) is 29.2. The molecule has 0 amide bonds. The molecule has 0 saturated carbocycles. The van der Waals surface area contributed by atoms with E-state index in [0.717, 1.165) is 27.7 Å². The van der Waals surface area contributed by atoms with Crippen molar-refractivity contribution in [2.45, 2.75) is 12.5 Å². The number of ether oxygens (including phenoxy) is 4. The highest BCUT2D eigenvalue weighted by molar-refractivity contribution is 7.79. The molecule has 0 radical (unpaired) electrons. The van der Waals surface area contributed by atoms with Gasteiger partial charge < -0.3 is 24.3 Å². The first-order valence-electron chi connectivity index (χ1n) is 12.0. The van der Waals surface area contributed by atoms with E-state index in [-0.39, 0.29) is 6.04 Å². The summed E-state index contributed by atoms with van der Waals surface area (Å²) >= 11 is 0. The molecule has 1 unspecified atom stereocenters. The molecule has 0 bridgehead atoms. The van der Waals surface area contributed by atoms with Crippen molar-refractivity contribution in [3.8, 4) is 23.0 Å². The van der Waals surface area contributed by atoms with Gasteiger partial charge in [-0.2, -0.15) is 0 Å². The second-order valence-corrected chi connectivity index (χ2v) is 14.2. The topological polar surface area (TPSA) is 72.5 Å². The summed E-state index contributed by atoms with van der Waals surface area (Å²) in [5.41, 5.74) is 0. The molecule has 1 aliphatic rings. The summed E-state index contributed by atoms with van der Waals surface area (Å²) in [6.07, 6.45) is 5.08. The fourth-order valence-corrected chi connectivity index (χ4v) is 10.1. The SMILES string of the molecule is CNC1C=C(P(c2ccc(OC)cc2OC)c2ccc(OC)cc2OC)C(P(=O)(N(C)C)N(C)C)=CC1. The smallest absolute Gasteiger partial charge is 0.245 e. The maximum absolute atomic E-state index is 14.7. The van der Waals surface area contributed by atoms with Crippen LogP contribution in [0.4, 0.5) is 0 Å². The van der Waals surface area contributed by atoms with Crippen molar-refractivity contribution in [3.05, 3.63) is 59.2 Å². The van der Waals surface area contributed by atoms with Gasteiger partial charge in [-0.15, -0.1) is 0 Å². The molecule has 202 valence electrons. The fourth-order valence-electron chi connectivity index (χ4n) is 4.46. The highest BCUT2D eigenvalue weighted by Gasteiger charge is 2.41. The average Bonchev–Trinajstić information content (AvgIpc) is 2.92. The van der Waals surface area contributed by atoms with Gasteiger partial charge in [-0.25, -0.2) is 9.34 Å². The molecule has 0 aliphatic heterocycles. The first-order valence-corrected chi connectivity index (χ1v) is 14.9. The zero-order valence-corrected chi connectivity index (χ0v) is 25.0. The van der Waals surface area contributed by atoms with Gasteiger partial charge in [0.2, 0.25) is 7.44 Å². The van der Waals surface area contributed by atoms with Crippen molar-refractivity contribution in [2.75, 3.05) is 63.7 Å². The molecule has 10 heteroatoms. The Labute approximate surface area is 222 Å². The predicted molar refractivity (Wildman–Crippen MR) is 154 cm³/mol. The molecule has 0 saturated heterocycles. The zero-order chi connectivity index (χ0) is 27.3. The number of methoxy groups -OCH3 is 4. The van der Waals surface area contributed by atoms with Crippen LogP contribution in [0.1, 0.15) is 6.42 Å². The monoisotopic (exact) mass is 547 g/mol. The maximum Gasteiger partial charge on any atom is 0.245 e. The lowest BCUT2D eigenvalue weighted by molar-refractivity contribution is 0.396. The quantitative estimate of drug-likeness (QED) is 0.420. The highest BCUT2D eigenvalue weighted by atomic mass is 31.2. The summed E-state index contributed by atoms with van der Waals surface area (Å²) in [4.78, 5) is 0. The molecule has 2 aromatic carbocycles. The Hall–Kier alpha value is -2.34. The summed E-state index contributed by atoms with van der Waals surface area (Å²) in [5, 5.41) is 7.16. The minimum absolute atomic E-state index is 0.0926. The minimum atomic E-state index is -3.09. The van der Waals surface area contributed by atoms with Crippen LogP contribution in [-0.2, 0) is 4.57 Å². The molecule has 1 aliphatic carbocycles. The lowest BCUT2D eigenvalue weighted by Gasteiger charge is -2.38. The highest BCUT2D eigenvalue weighted by Crippen LogP contribution is 2.66. The molecular formula is C27H39N3O5P2. The van der Waals surface area contributed by atoms with Crippen molar-refractivity contribution >= 4 is 26.0 Å². The molecule has 0 aromatic heterocycles. The molecule has 0 heterocycles. The number of nitrogens with zero attached hydrogens (tertiary/aromatic N) is 2. The number of hydrogen-bond acceptors (Lipinski definition) is 6. The molecule has 8 nitrogen and oxygen atoms in total. The zero-order valence-electron chi connectivity index (χ0n) is 23.2. The number of hydrogen-bond donors (Lipinski definition) is 1. The number of benzene rings is 2. The fraction of sp³-hybridized carbons (Fsp3) is 0.407. The molecule has 1 N–H and O–H groups in total. The molecule has 1 atom stereocenters. The summed E-state index contributed by atoms with van der Waals surface area (Å²) in [6, 6.07) is 11.8. The number of allylic oxidation sites excluding steroid dienone is 2. The van der Waals surface area contributed by atoms with Gasteiger partial charge in [0.25, 0.3) is 0 Å². The van der Waals surface area contributed by atoms with Gasteiger partial charge in [0.1, 0.15) is 23.0 Å². The van der Waals surface area contributed by atoms with E-state index in [1.54, 1.807) is 28.4 Å². The van der Waals surface area contributed by atoms with Crippen LogP contribution in [0.25, 0.3) is 0 Å². The van der Waals surface area contributed by atoms with Crippen molar-refractivity contribution < 1.29 is 23.5 Å². The van der Waals surface area contributed by atoms with Crippen LogP contribution in [0.5, 0.6) is 23.0 Å². The predicted octanol–water partition coefficient (Wildman–Crippen LogP) is 4.23. The van der Waals surface area contributed by atoms with Gasteiger partial charge in [0.15, 0.2) is 0 Å². The third-order valence-corrected chi connectivity index (χ3v) is 12.4. The normalized spacial score (nSPS) is 16.1. The summed E-state index contributed by atoms with van der Waals surface area (Å²) in [5.74, 6) is 2.79. The van der Waals surface area contributed by atoms with Crippen molar-refractivity contribution in [3.63, 3.8) is 0 Å². The second kappa shape index (κ2) is 12.5. The van der Waals surface area contributed by atoms with E-state index < -0.39 is 15.4 Å².